The standard InChI is InChI=1S/C14H15NO/c1-11(16)15-14-10-6-5-9-13(14)12-7-3-2-4-8-12/h3,5-10H,2,4H2,1H3,(H,15,16). The van der Waals surface area contributed by atoms with E-state index in [0.29, 0.717) is 0 Å². The van der Waals surface area contributed by atoms with Crippen LogP contribution in [0.3, 0.4) is 0 Å². The van der Waals surface area contributed by atoms with Gasteiger partial charge in [0.05, 0.1) is 0 Å². The summed E-state index contributed by atoms with van der Waals surface area (Å²) < 4.78 is 0. The molecule has 2 nitrogen and oxygen atoms in total. The molecule has 0 bridgehead atoms. The fraction of sp³-hybridized carbons (Fsp3) is 0.214. The van der Waals surface area contributed by atoms with Crippen LogP contribution in [-0.4, -0.2) is 5.91 Å². The van der Waals surface area contributed by atoms with Gasteiger partial charge in [0.25, 0.3) is 0 Å². The Labute approximate surface area is 95.7 Å². The molecule has 0 radical (unpaired) electrons. The van der Waals surface area contributed by atoms with E-state index in [2.05, 4.69) is 23.5 Å². The van der Waals surface area contributed by atoms with E-state index in [1.807, 2.05) is 24.3 Å². The highest BCUT2D eigenvalue weighted by Gasteiger charge is 2.07. The van der Waals surface area contributed by atoms with Crippen molar-refractivity contribution in [1.82, 2.24) is 0 Å². The van der Waals surface area contributed by atoms with E-state index in [9.17, 15) is 4.79 Å². The maximum Gasteiger partial charge on any atom is 0.221 e. The number of nitrogens with one attached hydrogen (secondary N) is 1. The molecule has 0 fully saturated rings. The van der Waals surface area contributed by atoms with E-state index in [4.69, 9.17) is 0 Å². The minimum absolute atomic E-state index is 0.0344. The molecular weight excluding hydrogens is 198 g/mol. The number of carbonyl (C=O) groups is 1. The predicted octanol–water partition coefficient (Wildman–Crippen LogP) is 3.38. The summed E-state index contributed by atoms with van der Waals surface area (Å²) in [6, 6.07) is 7.89. The monoisotopic (exact) mass is 213 g/mol. The molecule has 1 amide bonds. The average Bonchev–Trinajstić information content (AvgIpc) is 2.30. The number of benzene rings is 1. The van der Waals surface area contributed by atoms with Gasteiger partial charge in [-0.2, -0.15) is 0 Å². The highest BCUT2D eigenvalue weighted by atomic mass is 16.1. The van der Waals surface area contributed by atoms with E-state index in [1.54, 1.807) is 0 Å². The maximum absolute atomic E-state index is 11.1. The van der Waals surface area contributed by atoms with Gasteiger partial charge in [0.2, 0.25) is 5.91 Å². The quantitative estimate of drug-likeness (QED) is 0.801. The molecule has 0 saturated heterocycles. The van der Waals surface area contributed by atoms with Crippen molar-refractivity contribution < 1.29 is 4.79 Å². The smallest absolute Gasteiger partial charge is 0.221 e. The lowest BCUT2D eigenvalue weighted by atomic mass is 9.98. The van der Waals surface area contributed by atoms with Crippen LogP contribution in [0.5, 0.6) is 0 Å². The maximum atomic E-state index is 11.1. The third-order valence-corrected chi connectivity index (χ3v) is 2.54. The third kappa shape index (κ3) is 2.40. The number of anilines is 1. The molecule has 0 aliphatic heterocycles. The van der Waals surface area contributed by atoms with Gasteiger partial charge in [-0.05, 0) is 24.5 Å². The second-order valence-electron chi connectivity index (χ2n) is 3.87. The number of hydrogen-bond donors (Lipinski definition) is 1. The largest absolute Gasteiger partial charge is 0.326 e. The summed E-state index contributed by atoms with van der Waals surface area (Å²) in [6.07, 6.45) is 8.66. The van der Waals surface area contributed by atoms with E-state index in [0.717, 1.165) is 24.1 Å². The normalized spacial score (nSPS) is 14.4. The van der Waals surface area contributed by atoms with Crippen LogP contribution in [0.1, 0.15) is 25.3 Å². The zero-order chi connectivity index (χ0) is 11.4. The van der Waals surface area contributed by atoms with E-state index < -0.39 is 0 Å². The second-order valence-corrected chi connectivity index (χ2v) is 3.87. The van der Waals surface area contributed by atoms with Gasteiger partial charge in [0.1, 0.15) is 0 Å². The molecule has 0 spiro atoms. The molecule has 0 saturated carbocycles. The number of para-hydroxylation sites is 1. The Hall–Kier alpha value is -1.83. The van der Waals surface area contributed by atoms with Gasteiger partial charge in [0, 0.05) is 18.2 Å². The van der Waals surface area contributed by atoms with Crippen LogP contribution in [0.4, 0.5) is 5.69 Å². The Morgan fingerprint density at radius 2 is 2.06 bits per heavy atom. The van der Waals surface area contributed by atoms with Crippen LogP contribution >= 0.6 is 0 Å². The first-order valence-corrected chi connectivity index (χ1v) is 5.51. The van der Waals surface area contributed by atoms with Gasteiger partial charge >= 0.3 is 0 Å². The number of amides is 1. The fourth-order valence-corrected chi connectivity index (χ4v) is 1.85. The van der Waals surface area contributed by atoms with Crippen LogP contribution in [0, 0.1) is 0 Å². The Bertz CT molecular complexity index is 458. The Morgan fingerprint density at radius 3 is 2.75 bits per heavy atom. The Kier molecular flexibility index (Phi) is 3.20. The van der Waals surface area contributed by atoms with Gasteiger partial charge in [-0.25, -0.2) is 0 Å². The lowest BCUT2D eigenvalue weighted by molar-refractivity contribution is -0.114. The average molecular weight is 213 g/mol. The van der Waals surface area contributed by atoms with Crippen molar-refractivity contribution in [2.45, 2.75) is 19.8 Å². The molecule has 2 rings (SSSR count). The molecule has 0 unspecified atom stereocenters. The first-order chi connectivity index (χ1) is 7.77. The zero-order valence-corrected chi connectivity index (χ0v) is 9.36. The molecule has 0 heterocycles. The number of rotatable bonds is 2. The molecule has 2 heteroatoms. The molecule has 1 aromatic rings. The highest BCUT2D eigenvalue weighted by Crippen LogP contribution is 2.27. The molecule has 1 N–H and O–H groups in total. The Balaban J connectivity index is 2.36. The van der Waals surface area contributed by atoms with Crippen LogP contribution in [0.25, 0.3) is 5.57 Å². The lowest BCUT2D eigenvalue weighted by Crippen LogP contribution is -2.07. The van der Waals surface area contributed by atoms with Gasteiger partial charge in [-0.1, -0.05) is 36.4 Å². The fourth-order valence-electron chi connectivity index (χ4n) is 1.85. The minimum Gasteiger partial charge on any atom is -0.326 e. The van der Waals surface area contributed by atoms with Gasteiger partial charge < -0.3 is 5.32 Å². The summed E-state index contributed by atoms with van der Waals surface area (Å²) >= 11 is 0. The summed E-state index contributed by atoms with van der Waals surface area (Å²) in [6.45, 7) is 1.53. The van der Waals surface area contributed by atoms with Crippen LogP contribution in [-0.2, 0) is 4.79 Å². The van der Waals surface area contributed by atoms with E-state index >= 15 is 0 Å². The summed E-state index contributed by atoms with van der Waals surface area (Å²) in [4.78, 5) is 11.1. The first-order valence-electron chi connectivity index (χ1n) is 5.51. The first kappa shape index (κ1) is 10.7. The van der Waals surface area contributed by atoms with Gasteiger partial charge in [-0.3, -0.25) is 4.79 Å². The molecule has 16 heavy (non-hydrogen) atoms. The minimum atomic E-state index is -0.0344. The highest BCUT2D eigenvalue weighted by molar-refractivity contribution is 5.94. The molecule has 0 aromatic heterocycles. The second kappa shape index (κ2) is 4.79. The summed E-state index contributed by atoms with van der Waals surface area (Å²) in [7, 11) is 0. The topological polar surface area (TPSA) is 29.1 Å². The summed E-state index contributed by atoms with van der Waals surface area (Å²) in [5, 5.41) is 2.86. The van der Waals surface area contributed by atoms with Crippen molar-refractivity contribution in [3.8, 4) is 0 Å². The number of allylic oxidation sites excluding steroid dienone is 4. The lowest BCUT2D eigenvalue weighted by Gasteiger charge is -2.12. The van der Waals surface area contributed by atoms with E-state index in [-0.39, 0.29) is 5.91 Å². The molecule has 1 aromatic carbocycles. The van der Waals surface area contributed by atoms with E-state index in [1.165, 1.54) is 12.5 Å². The van der Waals surface area contributed by atoms with Crippen molar-refractivity contribution in [3.63, 3.8) is 0 Å². The van der Waals surface area contributed by atoms with Crippen molar-refractivity contribution in [1.29, 1.82) is 0 Å². The van der Waals surface area contributed by atoms with Crippen molar-refractivity contribution >= 4 is 17.2 Å². The van der Waals surface area contributed by atoms with Crippen molar-refractivity contribution in [2.24, 2.45) is 0 Å². The van der Waals surface area contributed by atoms with Gasteiger partial charge in [0.15, 0.2) is 0 Å². The SMILES string of the molecule is CC(=O)Nc1ccccc1C1=CCCC=C1. The third-order valence-electron chi connectivity index (χ3n) is 2.54. The van der Waals surface area contributed by atoms with Crippen LogP contribution < -0.4 is 5.32 Å². The number of hydrogen-bond acceptors (Lipinski definition) is 1. The molecule has 82 valence electrons. The molecule has 1 aliphatic carbocycles. The van der Waals surface area contributed by atoms with Crippen molar-refractivity contribution in [2.75, 3.05) is 5.32 Å². The van der Waals surface area contributed by atoms with Crippen LogP contribution in [0.15, 0.2) is 42.5 Å². The van der Waals surface area contributed by atoms with Crippen LogP contribution in [0.2, 0.25) is 0 Å². The predicted molar refractivity (Wildman–Crippen MR) is 67.1 cm³/mol. The number of carbonyl (C=O) groups excluding carboxylic acids is 1. The molecular formula is C14H15NO. The summed E-state index contributed by atoms with van der Waals surface area (Å²) in [5.74, 6) is -0.0344. The Morgan fingerprint density at radius 1 is 1.25 bits per heavy atom. The molecule has 1 aliphatic rings. The van der Waals surface area contributed by atoms with Gasteiger partial charge in [-0.15, -0.1) is 0 Å². The zero-order valence-electron chi connectivity index (χ0n) is 9.36. The summed E-state index contributed by atoms with van der Waals surface area (Å²) in [5.41, 5.74) is 3.16. The van der Waals surface area contributed by atoms with Crippen molar-refractivity contribution in [3.05, 3.63) is 48.1 Å². The molecule has 0 atom stereocenters.